The first-order valence-electron chi connectivity index (χ1n) is 27.7. The number of hydrogen-bond acceptors (Lipinski definition) is 19. The summed E-state index contributed by atoms with van der Waals surface area (Å²) >= 11 is 0. The van der Waals surface area contributed by atoms with E-state index in [9.17, 15) is 83.1 Å². The van der Waals surface area contributed by atoms with Crippen LogP contribution in [0.25, 0.3) is 21.8 Å². The third kappa shape index (κ3) is 21.1. The summed E-state index contributed by atoms with van der Waals surface area (Å²) in [4.78, 5) is 167. The van der Waals surface area contributed by atoms with Crippen molar-refractivity contribution in [2.24, 2.45) is 0 Å². The van der Waals surface area contributed by atoms with Crippen LogP contribution in [0.2, 0.25) is 0 Å². The summed E-state index contributed by atoms with van der Waals surface area (Å²) in [6.07, 6.45) is 1.22. The van der Waals surface area contributed by atoms with Gasteiger partial charge in [-0.05, 0) is 17.7 Å². The van der Waals surface area contributed by atoms with Crippen LogP contribution in [0.1, 0.15) is 43.6 Å². The Morgan fingerprint density at radius 3 is 1.34 bits per heavy atom. The summed E-state index contributed by atoms with van der Waals surface area (Å²) in [6, 6.07) is 21.7. The summed E-state index contributed by atoms with van der Waals surface area (Å²) in [7, 11) is 0. The van der Waals surface area contributed by atoms with Gasteiger partial charge in [-0.15, -0.1) is 0 Å². The Balaban J connectivity index is 1.18. The van der Waals surface area contributed by atoms with Crippen molar-refractivity contribution in [2.75, 3.05) is 137 Å². The van der Waals surface area contributed by atoms with E-state index in [1.807, 2.05) is 4.90 Å². The van der Waals surface area contributed by atoms with Gasteiger partial charge in [-0.2, -0.15) is 0 Å². The molecule has 0 bridgehead atoms. The van der Waals surface area contributed by atoms with E-state index >= 15 is 0 Å². The summed E-state index contributed by atoms with van der Waals surface area (Å²) in [6.45, 7) is -1.80. The van der Waals surface area contributed by atoms with Crippen molar-refractivity contribution in [1.82, 2.24) is 76.8 Å². The van der Waals surface area contributed by atoms with Crippen LogP contribution in [0, 0.1) is 0 Å². The molecule has 6 rings (SSSR count). The quantitative estimate of drug-likeness (QED) is 0.0174. The minimum atomic E-state index is -1.34. The van der Waals surface area contributed by atoms with Gasteiger partial charge in [0.1, 0.15) is 24.0 Å². The Kier molecular flexibility index (Phi) is 25.9. The van der Waals surface area contributed by atoms with E-state index in [0.29, 0.717) is 57.9 Å². The number of fused-ring (bicyclic) bond motifs is 2. The average Bonchev–Trinajstić information content (AvgIpc) is 1.92. The van der Waals surface area contributed by atoms with E-state index < -0.39 is 91.6 Å². The maximum absolute atomic E-state index is 14.6. The molecule has 6 amide bonds. The molecule has 0 radical (unpaired) electrons. The number of hydrazine groups is 3. The van der Waals surface area contributed by atoms with Crippen LogP contribution in [-0.2, 0) is 43.2 Å². The molecule has 5 aromatic rings. The van der Waals surface area contributed by atoms with E-state index in [0.717, 1.165) is 11.2 Å². The van der Waals surface area contributed by atoms with Gasteiger partial charge in [-0.25, -0.2) is 15.6 Å². The van der Waals surface area contributed by atoms with Crippen molar-refractivity contribution in [3.63, 3.8) is 0 Å². The third-order valence-electron chi connectivity index (χ3n) is 14.2. The molecule has 1 fully saturated rings. The predicted molar refractivity (Wildman–Crippen MR) is 312 cm³/mol. The van der Waals surface area contributed by atoms with Gasteiger partial charge in [0, 0.05) is 117 Å². The normalized spacial score (nSPS) is 14.3. The number of carboxylic acid groups (broad SMARTS) is 5. The number of benzene rings is 3. The SMILES string of the molecule is O=CCN1CCN(CC(=O)O)CCN(CC(=O)O)CCN(CC(=O)NNC(=O)c2[nH]c3ccccc3c2C(c2ccccc2)c2c(C(=O)NNC(=O)NNC(=O)CN(CCN(CCN(CC=O)CC(=O)O)CC(=O)O)CC(=O)O)[nH]c3ccccc23)CC1. The van der Waals surface area contributed by atoms with E-state index in [1.54, 1.807) is 93.6 Å². The number of urea groups is 1. The smallest absolute Gasteiger partial charge is 0.352 e. The highest BCUT2D eigenvalue weighted by atomic mass is 16.4. The number of aldehydes is 2. The molecule has 3 heterocycles. The lowest BCUT2D eigenvalue weighted by molar-refractivity contribution is -0.141. The fraction of sp³-hybridized carbons (Fsp3) is 0.393. The van der Waals surface area contributed by atoms with Crippen molar-refractivity contribution < 1.29 is 83.1 Å². The van der Waals surface area contributed by atoms with Crippen molar-refractivity contribution in [2.45, 2.75) is 5.92 Å². The number of amides is 6. The van der Waals surface area contributed by atoms with Gasteiger partial charge in [0.15, 0.2) is 0 Å². The summed E-state index contributed by atoms with van der Waals surface area (Å²) in [5.41, 5.74) is 16.0. The van der Waals surface area contributed by atoms with Crippen LogP contribution in [-0.4, -0.2) is 279 Å². The Bertz CT molecular complexity index is 3290. The number of aliphatic carboxylic acids is 5. The topological polar surface area (TPSA) is 432 Å². The standard InChI is InChI=1S/C56H71N15O17/c72-28-26-65-14-16-66(18-19-68(33-45(78)79)21-20-67(17-15-65)32-44(76)77)30-42(74)59-61-54(86)52-50(38-10-4-6-12-40(38)57-52)49(37-8-2-1-3-9-37)51-39-11-5-7-13-41(39)58-53(51)55(87)62-64-56(88)63-60-43(75)31-71(36-48(84)85)25-24-69(34-46(80)81)22-23-70(27-29-73)35-47(82)83/h1-13,28-29,49,57-58H,14-27,30-36H2,(H,59,74)(H,60,75)(H,61,86)(H,62,87)(H,76,77)(H,78,79)(H,80,81)(H,82,83)(H,84,85)(H2,63,64,88). The molecule has 0 aliphatic carbocycles. The van der Waals surface area contributed by atoms with Crippen molar-refractivity contribution in [3.8, 4) is 0 Å². The van der Waals surface area contributed by atoms with Gasteiger partial charge in [0.25, 0.3) is 23.6 Å². The largest absolute Gasteiger partial charge is 0.480 e. The minimum absolute atomic E-state index is 0.00720. The van der Waals surface area contributed by atoms with Crippen LogP contribution >= 0.6 is 0 Å². The number of nitrogens with zero attached hydrogens (tertiary/aromatic N) is 7. The number of hydrogen-bond donors (Lipinski definition) is 13. The Labute approximate surface area is 502 Å². The highest BCUT2D eigenvalue weighted by Gasteiger charge is 2.34. The molecule has 3 aromatic carbocycles. The molecule has 1 aliphatic rings. The summed E-state index contributed by atoms with van der Waals surface area (Å²) in [5, 5.41) is 48.5. The first kappa shape index (κ1) is 67.4. The molecule has 88 heavy (non-hydrogen) atoms. The molecule has 472 valence electrons. The lowest BCUT2D eigenvalue weighted by Gasteiger charge is -2.32. The van der Waals surface area contributed by atoms with E-state index in [2.05, 4.69) is 42.5 Å². The van der Waals surface area contributed by atoms with Crippen LogP contribution in [0.15, 0.2) is 78.9 Å². The van der Waals surface area contributed by atoms with Gasteiger partial charge in [-0.1, -0.05) is 66.7 Å². The average molecular weight is 1230 g/mol. The number of carbonyl (C=O) groups excluding carboxylic acids is 7. The Hall–Kier alpha value is -9.70. The number of H-pyrrole nitrogens is 2. The number of rotatable bonds is 29. The van der Waals surface area contributed by atoms with Gasteiger partial charge >= 0.3 is 35.9 Å². The number of para-hydroxylation sites is 2. The zero-order valence-corrected chi connectivity index (χ0v) is 47.9. The molecular weight excluding hydrogens is 1150 g/mol. The molecule has 1 aliphatic heterocycles. The second kappa shape index (κ2) is 33.9. The first-order valence-corrected chi connectivity index (χ1v) is 27.7. The molecule has 13 N–H and O–H groups in total. The Morgan fingerprint density at radius 1 is 0.443 bits per heavy atom. The second-order valence-electron chi connectivity index (χ2n) is 20.5. The van der Waals surface area contributed by atoms with Gasteiger partial charge in [0.2, 0.25) is 0 Å². The molecule has 32 heteroatoms. The van der Waals surface area contributed by atoms with Crippen LogP contribution < -0.4 is 32.6 Å². The van der Waals surface area contributed by atoms with Crippen LogP contribution in [0.4, 0.5) is 4.79 Å². The lowest BCUT2D eigenvalue weighted by Crippen LogP contribution is -2.54. The number of carbonyl (C=O) groups is 12. The lowest BCUT2D eigenvalue weighted by atomic mass is 9.81. The molecule has 2 aromatic heterocycles. The third-order valence-corrected chi connectivity index (χ3v) is 14.2. The maximum atomic E-state index is 14.6. The van der Waals surface area contributed by atoms with Crippen molar-refractivity contribution in [1.29, 1.82) is 0 Å². The predicted octanol–water partition coefficient (Wildman–Crippen LogP) is -2.49. The van der Waals surface area contributed by atoms with Crippen molar-refractivity contribution >= 4 is 93.9 Å². The molecule has 0 spiro atoms. The van der Waals surface area contributed by atoms with E-state index in [1.165, 1.54) is 9.80 Å². The second-order valence-corrected chi connectivity index (χ2v) is 20.5. The van der Waals surface area contributed by atoms with Crippen molar-refractivity contribution in [3.05, 3.63) is 107 Å². The van der Waals surface area contributed by atoms with Gasteiger partial charge < -0.3 is 45.1 Å². The van der Waals surface area contributed by atoms with Gasteiger partial charge in [-0.3, -0.25) is 99.2 Å². The molecule has 32 nitrogen and oxygen atoms in total. The molecular formula is C56H71N15O17. The number of nitrogens with one attached hydrogen (secondary N) is 8. The zero-order chi connectivity index (χ0) is 63.7. The van der Waals surface area contributed by atoms with Crippen LogP contribution in [0.3, 0.4) is 0 Å². The molecule has 0 saturated carbocycles. The molecule has 1 saturated heterocycles. The first-order chi connectivity index (χ1) is 42.2. The zero-order valence-electron chi connectivity index (χ0n) is 47.9. The van der Waals surface area contributed by atoms with Gasteiger partial charge in [0.05, 0.1) is 58.9 Å². The maximum Gasteiger partial charge on any atom is 0.352 e. The highest BCUT2D eigenvalue weighted by molar-refractivity contribution is 6.06. The summed E-state index contributed by atoms with van der Waals surface area (Å²) in [5.74, 6) is -10.1. The fourth-order valence-electron chi connectivity index (χ4n) is 10.1. The van der Waals surface area contributed by atoms with Crippen LogP contribution in [0.5, 0.6) is 0 Å². The fourth-order valence-corrected chi connectivity index (χ4v) is 10.1. The Morgan fingerprint density at radius 2 is 0.852 bits per heavy atom. The number of carboxylic acids is 5. The summed E-state index contributed by atoms with van der Waals surface area (Å²) < 4.78 is 0. The molecule has 1 atom stereocenters. The van der Waals surface area contributed by atoms with E-state index in [-0.39, 0.29) is 110 Å². The minimum Gasteiger partial charge on any atom is -0.480 e. The highest BCUT2D eigenvalue weighted by Crippen LogP contribution is 2.43. The van der Waals surface area contributed by atoms with E-state index in [4.69, 9.17) is 0 Å². The molecule has 1 unspecified atom stereocenters. The number of aromatic nitrogens is 2. The number of aromatic amines is 2. The monoisotopic (exact) mass is 1230 g/mol.